The predicted octanol–water partition coefficient (Wildman–Crippen LogP) is 4.80. The van der Waals surface area contributed by atoms with Crippen molar-refractivity contribution in [3.63, 3.8) is 0 Å². The van der Waals surface area contributed by atoms with Crippen LogP contribution in [0.1, 0.15) is 21.5 Å². The molecule has 4 nitrogen and oxygen atoms in total. The fourth-order valence-electron chi connectivity index (χ4n) is 4.07. The molecule has 166 valence electrons. The summed E-state index contributed by atoms with van der Waals surface area (Å²) in [5.74, 6) is -0.243. The topological polar surface area (TPSA) is 35.6 Å². The Bertz CT molecular complexity index is 1050. The first kappa shape index (κ1) is 22.4. The minimum absolute atomic E-state index is 0.0473. The van der Waals surface area contributed by atoms with Gasteiger partial charge in [-0.05, 0) is 47.7 Å². The quantitative estimate of drug-likeness (QED) is 0.526. The third kappa shape index (κ3) is 5.50. The van der Waals surface area contributed by atoms with Crippen LogP contribution in [0.2, 0.25) is 0 Å². The number of anilines is 1. The number of carbonyl (C=O) groups excluding carboxylic acids is 1. The van der Waals surface area contributed by atoms with E-state index in [-0.39, 0.29) is 11.7 Å². The zero-order valence-electron chi connectivity index (χ0n) is 18.3. The Hall–Kier alpha value is -2.83. The molecule has 1 amide bonds. The summed E-state index contributed by atoms with van der Waals surface area (Å²) in [6.07, 6.45) is 1.98. The van der Waals surface area contributed by atoms with E-state index in [4.69, 9.17) is 0 Å². The molecule has 1 N–H and O–H groups in total. The highest BCUT2D eigenvalue weighted by Crippen LogP contribution is 2.24. The third-order valence-electron chi connectivity index (χ3n) is 5.82. The van der Waals surface area contributed by atoms with E-state index in [9.17, 15) is 9.18 Å². The molecule has 0 atom stereocenters. The second-order valence-electron chi connectivity index (χ2n) is 7.90. The Morgan fingerprint density at radius 2 is 1.62 bits per heavy atom. The van der Waals surface area contributed by atoms with Crippen molar-refractivity contribution in [2.45, 2.75) is 18.0 Å². The molecule has 3 aromatic rings. The highest BCUT2D eigenvalue weighted by molar-refractivity contribution is 7.98. The molecule has 0 spiro atoms. The fraction of sp³-hybridized carbons (Fsp3) is 0.269. The lowest BCUT2D eigenvalue weighted by Crippen LogP contribution is -2.46. The molecule has 6 heteroatoms. The summed E-state index contributed by atoms with van der Waals surface area (Å²) in [6.45, 7) is 5.05. The van der Waals surface area contributed by atoms with Crippen molar-refractivity contribution in [2.75, 3.05) is 37.3 Å². The number of halogens is 1. The third-order valence-corrected chi connectivity index (χ3v) is 6.61. The first-order valence-electron chi connectivity index (χ1n) is 10.8. The van der Waals surface area contributed by atoms with E-state index in [1.165, 1.54) is 17.8 Å². The van der Waals surface area contributed by atoms with Crippen molar-refractivity contribution in [2.24, 2.45) is 0 Å². The van der Waals surface area contributed by atoms with Gasteiger partial charge in [0.05, 0.1) is 5.56 Å². The van der Waals surface area contributed by atoms with Gasteiger partial charge in [-0.25, -0.2) is 4.39 Å². The summed E-state index contributed by atoms with van der Waals surface area (Å²) in [4.78, 5) is 18.5. The van der Waals surface area contributed by atoms with Crippen molar-refractivity contribution in [1.82, 2.24) is 10.2 Å². The standard InChI is InChI=1S/C26H28FN3OS/c1-32-25-9-5-3-7-23(25)26(31)28-18-21-6-2-4-8-24(21)30-16-14-29(15-17-30)19-20-10-12-22(27)13-11-20/h2-13H,14-19H2,1H3,(H,28,31). The number of para-hydroxylation sites is 1. The van der Waals surface area contributed by atoms with Crippen LogP contribution in [0.15, 0.2) is 77.7 Å². The molecular weight excluding hydrogens is 421 g/mol. The maximum absolute atomic E-state index is 13.1. The number of hydrogen-bond acceptors (Lipinski definition) is 4. The minimum atomic E-state index is -0.195. The Morgan fingerprint density at radius 3 is 2.38 bits per heavy atom. The Kier molecular flexibility index (Phi) is 7.45. The first-order chi connectivity index (χ1) is 15.6. The number of benzene rings is 3. The van der Waals surface area contributed by atoms with Gasteiger partial charge in [0.15, 0.2) is 0 Å². The van der Waals surface area contributed by atoms with Crippen LogP contribution < -0.4 is 10.2 Å². The van der Waals surface area contributed by atoms with Gasteiger partial charge in [-0.1, -0.05) is 42.5 Å². The second-order valence-corrected chi connectivity index (χ2v) is 8.75. The van der Waals surface area contributed by atoms with Crippen LogP contribution in [0, 0.1) is 5.82 Å². The average Bonchev–Trinajstić information content (AvgIpc) is 2.84. The van der Waals surface area contributed by atoms with Crippen LogP contribution in [-0.2, 0) is 13.1 Å². The van der Waals surface area contributed by atoms with Crippen LogP contribution in [-0.4, -0.2) is 43.2 Å². The summed E-state index contributed by atoms with van der Waals surface area (Å²) in [6, 6.07) is 22.7. The molecule has 4 rings (SSSR count). The number of carbonyl (C=O) groups is 1. The minimum Gasteiger partial charge on any atom is -0.369 e. The normalized spacial score (nSPS) is 14.4. The first-order valence-corrected chi connectivity index (χ1v) is 12.1. The van der Waals surface area contributed by atoms with Crippen LogP contribution in [0.5, 0.6) is 0 Å². The fourth-order valence-corrected chi connectivity index (χ4v) is 4.66. The van der Waals surface area contributed by atoms with E-state index in [0.717, 1.165) is 48.7 Å². The molecule has 1 aliphatic rings. The number of nitrogens with one attached hydrogen (secondary N) is 1. The smallest absolute Gasteiger partial charge is 0.252 e. The lowest BCUT2D eigenvalue weighted by molar-refractivity contribution is 0.0948. The van der Waals surface area contributed by atoms with Gasteiger partial charge in [-0.15, -0.1) is 11.8 Å². The van der Waals surface area contributed by atoms with E-state index in [0.29, 0.717) is 12.1 Å². The van der Waals surface area contributed by atoms with Gasteiger partial charge in [0.2, 0.25) is 0 Å². The van der Waals surface area contributed by atoms with Gasteiger partial charge in [-0.3, -0.25) is 9.69 Å². The highest BCUT2D eigenvalue weighted by atomic mass is 32.2. The Balaban J connectivity index is 1.36. The largest absolute Gasteiger partial charge is 0.369 e. The lowest BCUT2D eigenvalue weighted by atomic mass is 10.1. The van der Waals surface area contributed by atoms with Crippen molar-refractivity contribution in [1.29, 1.82) is 0 Å². The molecule has 1 aliphatic heterocycles. The predicted molar refractivity (Wildman–Crippen MR) is 130 cm³/mol. The molecule has 1 fully saturated rings. The Labute approximate surface area is 193 Å². The van der Waals surface area contributed by atoms with Crippen molar-refractivity contribution < 1.29 is 9.18 Å². The number of piperazine rings is 1. The maximum atomic E-state index is 13.1. The van der Waals surface area contributed by atoms with Gasteiger partial charge >= 0.3 is 0 Å². The molecule has 0 unspecified atom stereocenters. The molecule has 0 radical (unpaired) electrons. The monoisotopic (exact) mass is 449 g/mol. The van der Waals surface area contributed by atoms with Crippen molar-refractivity contribution in [3.8, 4) is 0 Å². The van der Waals surface area contributed by atoms with Crippen LogP contribution >= 0.6 is 11.8 Å². The van der Waals surface area contributed by atoms with Crippen molar-refractivity contribution >= 4 is 23.4 Å². The molecular formula is C26H28FN3OS. The van der Waals surface area contributed by atoms with Crippen molar-refractivity contribution in [3.05, 3.63) is 95.3 Å². The maximum Gasteiger partial charge on any atom is 0.252 e. The van der Waals surface area contributed by atoms with E-state index in [1.54, 1.807) is 11.8 Å². The van der Waals surface area contributed by atoms with Gasteiger partial charge in [-0.2, -0.15) is 0 Å². The number of rotatable bonds is 7. The number of thioether (sulfide) groups is 1. The highest BCUT2D eigenvalue weighted by Gasteiger charge is 2.20. The number of nitrogens with zero attached hydrogens (tertiary/aromatic N) is 2. The van der Waals surface area contributed by atoms with E-state index >= 15 is 0 Å². The van der Waals surface area contributed by atoms with Gasteiger partial charge in [0, 0.05) is 49.9 Å². The second kappa shape index (κ2) is 10.7. The Morgan fingerprint density at radius 1 is 0.938 bits per heavy atom. The summed E-state index contributed by atoms with van der Waals surface area (Å²) < 4.78 is 13.1. The van der Waals surface area contributed by atoms with Crippen LogP contribution in [0.4, 0.5) is 10.1 Å². The van der Waals surface area contributed by atoms with E-state index in [2.05, 4.69) is 33.3 Å². The zero-order chi connectivity index (χ0) is 22.3. The van der Waals surface area contributed by atoms with Gasteiger partial charge < -0.3 is 10.2 Å². The van der Waals surface area contributed by atoms with Crippen LogP contribution in [0.3, 0.4) is 0 Å². The molecule has 1 saturated heterocycles. The van der Waals surface area contributed by atoms with Gasteiger partial charge in [0.25, 0.3) is 5.91 Å². The molecule has 0 saturated carbocycles. The molecule has 32 heavy (non-hydrogen) atoms. The number of amides is 1. The zero-order valence-corrected chi connectivity index (χ0v) is 19.1. The summed E-state index contributed by atoms with van der Waals surface area (Å²) in [7, 11) is 0. The summed E-state index contributed by atoms with van der Waals surface area (Å²) in [5, 5.41) is 3.10. The molecule has 3 aromatic carbocycles. The molecule has 0 aromatic heterocycles. The SMILES string of the molecule is CSc1ccccc1C(=O)NCc1ccccc1N1CCN(Cc2ccc(F)cc2)CC1. The van der Waals surface area contributed by atoms with Crippen LogP contribution in [0.25, 0.3) is 0 Å². The summed E-state index contributed by atoms with van der Waals surface area (Å²) >= 11 is 1.58. The average molecular weight is 450 g/mol. The number of hydrogen-bond donors (Lipinski definition) is 1. The molecule has 0 aliphatic carbocycles. The van der Waals surface area contributed by atoms with E-state index in [1.807, 2.05) is 48.7 Å². The lowest BCUT2D eigenvalue weighted by Gasteiger charge is -2.37. The summed E-state index contributed by atoms with van der Waals surface area (Å²) in [5.41, 5.74) is 4.14. The van der Waals surface area contributed by atoms with Gasteiger partial charge in [0.1, 0.15) is 5.82 Å². The van der Waals surface area contributed by atoms with E-state index < -0.39 is 0 Å². The molecule has 1 heterocycles. The molecule has 0 bridgehead atoms.